The van der Waals surface area contributed by atoms with Crippen LogP contribution in [0.2, 0.25) is 0 Å². The molecule has 0 aliphatic heterocycles. The number of rotatable bonds is 9. The molecule has 1 unspecified atom stereocenters. The van der Waals surface area contributed by atoms with Crippen LogP contribution in [-0.2, 0) is 4.74 Å². The Morgan fingerprint density at radius 1 is 1.21 bits per heavy atom. The molecule has 1 aromatic carbocycles. The topological polar surface area (TPSA) is 41.9 Å². The maximum Gasteiger partial charge on any atom is 0.119 e. The van der Waals surface area contributed by atoms with Gasteiger partial charge in [-0.2, -0.15) is 0 Å². The smallest absolute Gasteiger partial charge is 0.119 e. The van der Waals surface area contributed by atoms with E-state index in [2.05, 4.69) is 11.8 Å². The molecular formula is C15H25NO3. The van der Waals surface area contributed by atoms with Gasteiger partial charge in [0.15, 0.2) is 0 Å². The highest BCUT2D eigenvalue weighted by Gasteiger charge is 2.12. The Hall–Kier alpha value is -1.26. The second-order valence-corrected chi connectivity index (χ2v) is 4.61. The maximum absolute atomic E-state index is 9.89. The predicted octanol–water partition coefficient (Wildman–Crippen LogP) is 2.31. The molecule has 1 N–H and O–H groups in total. The van der Waals surface area contributed by atoms with E-state index in [4.69, 9.17) is 9.47 Å². The van der Waals surface area contributed by atoms with Crippen molar-refractivity contribution in [2.45, 2.75) is 25.9 Å². The van der Waals surface area contributed by atoms with E-state index in [0.29, 0.717) is 13.2 Å². The van der Waals surface area contributed by atoms with Gasteiger partial charge in [-0.25, -0.2) is 0 Å². The number of benzene rings is 1. The van der Waals surface area contributed by atoms with Crippen molar-refractivity contribution in [2.24, 2.45) is 0 Å². The zero-order valence-electron chi connectivity index (χ0n) is 12.1. The first-order valence-corrected chi connectivity index (χ1v) is 6.77. The van der Waals surface area contributed by atoms with Gasteiger partial charge in [-0.1, -0.05) is 13.3 Å². The zero-order valence-corrected chi connectivity index (χ0v) is 12.1. The van der Waals surface area contributed by atoms with Gasteiger partial charge in [0.2, 0.25) is 0 Å². The van der Waals surface area contributed by atoms with Crippen molar-refractivity contribution in [3.05, 3.63) is 24.3 Å². The number of unbranched alkanes of at least 4 members (excludes halogenated alkanes) is 1. The molecule has 108 valence electrons. The van der Waals surface area contributed by atoms with Crippen LogP contribution in [0.4, 0.5) is 5.69 Å². The van der Waals surface area contributed by atoms with E-state index < -0.39 is 6.10 Å². The first-order valence-electron chi connectivity index (χ1n) is 6.77. The van der Waals surface area contributed by atoms with Crippen molar-refractivity contribution in [1.82, 2.24) is 0 Å². The Kier molecular flexibility index (Phi) is 7.30. The highest BCUT2D eigenvalue weighted by Crippen LogP contribution is 2.20. The minimum Gasteiger partial charge on any atom is -0.497 e. The second kappa shape index (κ2) is 8.77. The van der Waals surface area contributed by atoms with Gasteiger partial charge in [0.1, 0.15) is 5.75 Å². The summed E-state index contributed by atoms with van der Waals surface area (Å²) in [6, 6.07) is 7.93. The highest BCUT2D eigenvalue weighted by molar-refractivity contribution is 5.49. The quantitative estimate of drug-likeness (QED) is 0.745. The Morgan fingerprint density at radius 2 is 1.89 bits per heavy atom. The highest BCUT2D eigenvalue weighted by atomic mass is 16.5. The van der Waals surface area contributed by atoms with E-state index in [0.717, 1.165) is 30.8 Å². The molecular weight excluding hydrogens is 242 g/mol. The average Bonchev–Trinajstić information content (AvgIpc) is 2.44. The third-order valence-corrected chi connectivity index (χ3v) is 3.01. The van der Waals surface area contributed by atoms with Crippen LogP contribution in [0.15, 0.2) is 24.3 Å². The van der Waals surface area contributed by atoms with Gasteiger partial charge in [0.25, 0.3) is 0 Å². The largest absolute Gasteiger partial charge is 0.497 e. The number of methoxy groups -OCH3 is 2. The fraction of sp³-hybridized carbons (Fsp3) is 0.600. The molecule has 0 amide bonds. The summed E-state index contributed by atoms with van der Waals surface area (Å²) in [5.74, 6) is 0.844. The van der Waals surface area contributed by atoms with E-state index in [-0.39, 0.29) is 0 Å². The average molecular weight is 267 g/mol. The Bertz CT molecular complexity index is 340. The van der Waals surface area contributed by atoms with Gasteiger partial charge in [-0.05, 0) is 30.7 Å². The first kappa shape index (κ1) is 15.8. The maximum atomic E-state index is 9.89. The third-order valence-electron chi connectivity index (χ3n) is 3.01. The number of ether oxygens (including phenoxy) is 2. The summed E-state index contributed by atoms with van der Waals surface area (Å²) in [4.78, 5) is 2.19. The molecule has 0 aliphatic carbocycles. The summed E-state index contributed by atoms with van der Waals surface area (Å²) < 4.78 is 10.1. The van der Waals surface area contributed by atoms with E-state index in [1.54, 1.807) is 14.2 Å². The van der Waals surface area contributed by atoms with Crippen LogP contribution >= 0.6 is 0 Å². The lowest BCUT2D eigenvalue weighted by Gasteiger charge is -2.27. The number of anilines is 1. The first-order chi connectivity index (χ1) is 9.21. The molecule has 0 saturated heterocycles. The Balaban J connectivity index is 2.70. The van der Waals surface area contributed by atoms with E-state index in [1.807, 2.05) is 24.3 Å². The fourth-order valence-electron chi connectivity index (χ4n) is 1.97. The number of hydrogen-bond acceptors (Lipinski definition) is 4. The summed E-state index contributed by atoms with van der Waals surface area (Å²) in [5, 5.41) is 9.89. The normalized spacial score (nSPS) is 12.2. The monoisotopic (exact) mass is 267 g/mol. The number of aliphatic hydroxyl groups is 1. The Labute approximate surface area is 115 Å². The van der Waals surface area contributed by atoms with Crippen molar-refractivity contribution < 1.29 is 14.6 Å². The van der Waals surface area contributed by atoms with Crippen molar-refractivity contribution >= 4 is 5.69 Å². The zero-order chi connectivity index (χ0) is 14.1. The van der Waals surface area contributed by atoms with Gasteiger partial charge in [0.05, 0.1) is 19.8 Å². The molecule has 0 aliphatic rings. The van der Waals surface area contributed by atoms with Gasteiger partial charge in [0, 0.05) is 25.9 Å². The van der Waals surface area contributed by atoms with Crippen LogP contribution in [0.25, 0.3) is 0 Å². The van der Waals surface area contributed by atoms with E-state index >= 15 is 0 Å². The molecule has 1 aromatic rings. The second-order valence-electron chi connectivity index (χ2n) is 4.61. The van der Waals surface area contributed by atoms with E-state index in [1.165, 1.54) is 0 Å². The van der Waals surface area contributed by atoms with Gasteiger partial charge in [-0.15, -0.1) is 0 Å². The van der Waals surface area contributed by atoms with Gasteiger partial charge < -0.3 is 19.5 Å². The molecule has 1 rings (SSSR count). The van der Waals surface area contributed by atoms with Gasteiger partial charge >= 0.3 is 0 Å². The molecule has 0 saturated carbocycles. The number of hydrogen-bond donors (Lipinski definition) is 1. The molecule has 0 bridgehead atoms. The van der Waals surface area contributed by atoms with Crippen LogP contribution < -0.4 is 9.64 Å². The van der Waals surface area contributed by atoms with Crippen LogP contribution in [0.1, 0.15) is 19.8 Å². The van der Waals surface area contributed by atoms with Crippen LogP contribution in [0.3, 0.4) is 0 Å². The molecule has 1 atom stereocenters. The molecule has 0 spiro atoms. The van der Waals surface area contributed by atoms with Crippen molar-refractivity contribution in [3.8, 4) is 5.75 Å². The summed E-state index contributed by atoms with van der Waals surface area (Å²) in [6.07, 6.45) is 1.77. The SMILES string of the molecule is CCCCN(CC(O)COC)c1ccc(OC)cc1. The summed E-state index contributed by atoms with van der Waals surface area (Å²) in [5.41, 5.74) is 1.10. The lowest BCUT2D eigenvalue weighted by molar-refractivity contribution is 0.0688. The third kappa shape index (κ3) is 5.49. The standard InChI is InChI=1S/C15H25NO3/c1-4-5-10-16(11-14(17)12-18-2)13-6-8-15(19-3)9-7-13/h6-9,14,17H,4-5,10-12H2,1-3H3. The van der Waals surface area contributed by atoms with Crippen molar-refractivity contribution in [3.63, 3.8) is 0 Å². The molecule has 0 fully saturated rings. The van der Waals surface area contributed by atoms with Crippen molar-refractivity contribution in [1.29, 1.82) is 0 Å². The van der Waals surface area contributed by atoms with Crippen LogP contribution in [-0.4, -0.2) is 45.1 Å². The Morgan fingerprint density at radius 3 is 2.42 bits per heavy atom. The fourth-order valence-corrected chi connectivity index (χ4v) is 1.97. The van der Waals surface area contributed by atoms with E-state index in [9.17, 15) is 5.11 Å². The number of nitrogens with zero attached hydrogens (tertiary/aromatic N) is 1. The summed E-state index contributed by atoms with van der Waals surface area (Å²) in [7, 11) is 3.26. The molecule has 0 heterocycles. The molecule has 4 heteroatoms. The van der Waals surface area contributed by atoms with Crippen LogP contribution in [0, 0.1) is 0 Å². The summed E-state index contributed by atoms with van der Waals surface area (Å²) in [6.45, 7) is 4.04. The van der Waals surface area contributed by atoms with Crippen LogP contribution in [0.5, 0.6) is 5.75 Å². The molecule has 0 aromatic heterocycles. The lowest BCUT2D eigenvalue weighted by Crippen LogP contribution is -2.35. The molecule has 0 radical (unpaired) electrons. The molecule has 19 heavy (non-hydrogen) atoms. The minimum absolute atomic E-state index is 0.360. The van der Waals surface area contributed by atoms with Gasteiger partial charge in [-0.3, -0.25) is 0 Å². The minimum atomic E-state index is -0.469. The summed E-state index contributed by atoms with van der Waals surface area (Å²) >= 11 is 0. The predicted molar refractivity (Wildman–Crippen MR) is 78.0 cm³/mol. The molecule has 4 nitrogen and oxygen atoms in total. The van der Waals surface area contributed by atoms with Crippen molar-refractivity contribution in [2.75, 3.05) is 38.8 Å². The lowest BCUT2D eigenvalue weighted by atomic mass is 10.2. The number of aliphatic hydroxyl groups excluding tert-OH is 1.